The number of nitrogens with one attached hydrogen (secondary N) is 1. The lowest BCUT2D eigenvalue weighted by molar-refractivity contribution is -0.114. The van der Waals surface area contributed by atoms with E-state index in [0.29, 0.717) is 6.07 Å². The van der Waals surface area contributed by atoms with E-state index in [9.17, 15) is 26.4 Å². The van der Waals surface area contributed by atoms with E-state index in [-0.39, 0.29) is 27.8 Å². The van der Waals surface area contributed by atoms with E-state index in [1.807, 2.05) is 0 Å². The Balaban J connectivity index is 1.99. The molecule has 3 aromatic carbocycles. The van der Waals surface area contributed by atoms with Crippen molar-refractivity contribution in [2.24, 2.45) is 0 Å². The predicted octanol–water partition coefficient (Wildman–Crippen LogP) is 3.96. The molecule has 0 bridgehead atoms. The summed E-state index contributed by atoms with van der Waals surface area (Å²) < 4.78 is 78.3. The van der Waals surface area contributed by atoms with Gasteiger partial charge in [0.05, 0.1) is 30.5 Å². The second-order valence-electron chi connectivity index (χ2n) is 6.68. The van der Waals surface area contributed by atoms with Crippen molar-refractivity contribution < 1.29 is 35.9 Å². The number of methoxy groups -OCH3 is 2. The van der Waals surface area contributed by atoms with Crippen LogP contribution in [0.2, 0.25) is 0 Å². The maximum atomic E-state index is 13.9. The molecule has 7 nitrogen and oxygen atoms in total. The Morgan fingerprint density at radius 2 is 1.52 bits per heavy atom. The molecule has 0 aliphatic heterocycles. The fourth-order valence-corrected chi connectivity index (χ4v) is 4.37. The highest BCUT2D eigenvalue weighted by atomic mass is 32.2. The zero-order chi connectivity index (χ0) is 24.2. The van der Waals surface area contributed by atoms with Crippen LogP contribution in [0.25, 0.3) is 0 Å². The van der Waals surface area contributed by atoms with Gasteiger partial charge < -0.3 is 14.8 Å². The fraction of sp³-hybridized carbons (Fsp3) is 0.136. The van der Waals surface area contributed by atoms with E-state index in [1.54, 1.807) is 0 Å². The Kier molecular flexibility index (Phi) is 7.12. The quantitative estimate of drug-likeness (QED) is 0.528. The number of amides is 1. The minimum Gasteiger partial charge on any atom is -0.493 e. The van der Waals surface area contributed by atoms with Crippen LogP contribution in [-0.4, -0.2) is 35.1 Å². The molecule has 0 fully saturated rings. The Labute approximate surface area is 188 Å². The minimum atomic E-state index is -4.37. The van der Waals surface area contributed by atoms with Gasteiger partial charge in [-0.2, -0.15) is 0 Å². The van der Waals surface area contributed by atoms with Crippen molar-refractivity contribution in [2.45, 2.75) is 4.90 Å². The molecule has 33 heavy (non-hydrogen) atoms. The molecular weight excluding hydrogens is 461 g/mol. The van der Waals surface area contributed by atoms with Crippen molar-refractivity contribution in [3.8, 4) is 11.5 Å². The third-order valence-electron chi connectivity index (χ3n) is 4.55. The topological polar surface area (TPSA) is 84.9 Å². The van der Waals surface area contributed by atoms with Gasteiger partial charge in [0.15, 0.2) is 11.5 Å². The van der Waals surface area contributed by atoms with E-state index in [1.165, 1.54) is 44.6 Å². The number of anilines is 2. The highest BCUT2D eigenvalue weighted by Crippen LogP contribution is 2.32. The summed E-state index contributed by atoms with van der Waals surface area (Å²) in [5, 5.41) is 2.21. The zero-order valence-corrected chi connectivity index (χ0v) is 18.3. The number of hydrogen-bond donors (Lipinski definition) is 1. The molecule has 11 heteroatoms. The number of halogens is 3. The van der Waals surface area contributed by atoms with E-state index < -0.39 is 39.9 Å². The van der Waals surface area contributed by atoms with Gasteiger partial charge in [-0.15, -0.1) is 0 Å². The number of benzene rings is 3. The maximum absolute atomic E-state index is 13.9. The normalized spacial score (nSPS) is 11.1. The average molecular weight is 480 g/mol. The molecule has 0 spiro atoms. The van der Waals surface area contributed by atoms with Crippen molar-refractivity contribution in [1.82, 2.24) is 0 Å². The number of nitrogens with zero attached hydrogens (tertiary/aromatic N) is 1. The minimum absolute atomic E-state index is 0.0130. The average Bonchev–Trinajstić information content (AvgIpc) is 2.79. The zero-order valence-electron chi connectivity index (χ0n) is 17.5. The van der Waals surface area contributed by atoms with Crippen LogP contribution in [0, 0.1) is 17.5 Å². The van der Waals surface area contributed by atoms with Crippen LogP contribution in [0.5, 0.6) is 11.5 Å². The maximum Gasteiger partial charge on any atom is 0.264 e. The van der Waals surface area contributed by atoms with Crippen molar-refractivity contribution in [1.29, 1.82) is 0 Å². The second kappa shape index (κ2) is 9.82. The molecule has 0 radical (unpaired) electrons. The van der Waals surface area contributed by atoms with Crippen molar-refractivity contribution >= 4 is 27.3 Å². The molecule has 0 aliphatic carbocycles. The molecular formula is C22H19F3N2O5S. The molecule has 0 unspecified atom stereocenters. The van der Waals surface area contributed by atoms with Crippen LogP contribution in [0.3, 0.4) is 0 Å². The smallest absolute Gasteiger partial charge is 0.264 e. The summed E-state index contributed by atoms with van der Waals surface area (Å²) in [7, 11) is -1.65. The van der Waals surface area contributed by atoms with Gasteiger partial charge in [-0.05, 0) is 48.5 Å². The fourth-order valence-electron chi connectivity index (χ4n) is 2.94. The van der Waals surface area contributed by atoms with Crippen molar-refractivity contribution in [3.05, 3.63) is 78.1 Å². The van der Waals surface area contributed by atoms with Crippen LogP contribution in [0.1, 0.15) is 0 Å². The first-order valence-corrected chi connectivity index (χ1v) is 10.8. The summed E-state index contributed by atoms with van der Waals surface area (Å²) in [5.41, 5.74) is -0.343. The predicted molar refractivity (Wildman–Crippen MR) is 115 cm³/mol. The third-order valence-corrected chi connectivity index (χ3v) is 6.32. The molecule has 3 aromatic rings. The molecule has 3 rings (SSSR count). The van der Waals surface area contributed by atoms with E-state index in [4.69, 9.17) is 9.47 Å². The van der Waals surface area contributed by atoms with Crippen LogP contribution in [0.15, 0.2) is 65.6 Å². The molecule has 0 atom stereocenters. The number of ether oxygens (including phenoxy) is 2. The summed E-state index contributed by atoms with van der Waals surface area (Å²) in [4.78, 5) is 12.4. The molecule has 174 valence electrons. The van der Waals surface area contributed by atoms with E-state index >= 15 is 0 Å². The largest absolute Gasteiger partial charge is 0.493 e. The Hall–Kier alpha value is -3.73. The molecule has 1 N–H and O–H groups in total. The summed E-state index contributed by atoms with van der Waals surface area (Å²) >= 11 is 0. The summed E-state index contributed by atoms with van der Waals surface area (Å²) in [5.74, 6) is -2.97. The van der Waals surface area contributed by atoms with Crippen LogP contribution >= 0.6 is 0 Å². The number of hydrogen-bond acceptors (Lipinski definition) is 5. The SMILES string of the molecule is COc1ccc(S(=O)(=O)N(CC(=O)Nc2ccc(F)cc2F)c2ccc(F)cc2)cc1OC. The monoisotopic (exact) mass is 480 g/mol. The van der Waals surface area contributed by atoms with Crippen LogP contribution in [0.4, 0.5) is 24.5 Å². The second-order valence-corrected chi connectivity index (χ2v) is 8.54. The Bertz CT molecular complexity index is 1270. The lowest BCUT2D eigenvalue weighted by Gasteiger charge is -2.24. The van der Waals surface area contributed by atoms with Gasteiger partial charge in [-0.25, -0.2) is 21.6 Å². The lowest BCUT2D eigenvalue weighted by atomic mass is 10.3. The summed E-state index contributed by atoms with van der Waals surface area (Å²) in [6, 6.07) is 10.8. The first kappa shape index (κ1) is 23.9. The van der Waals surface area contributed by atoms with E-state index in [0.717, 1.165) is 28.6 Å². The van der Waals surface area contributed by atoms with Gasteiger partial charge in [-0.3, -0.25) is 9.10 Å². The molecule has 0 saturated heterocycles. The Morgan fingerprint density at radius 3 is 2.12 bits per heavy atom. The van der Waals surface area contributed by atoms with Gasteiger partial charge in [0.2, 0.25) is 5.91 Å². The van der Waals surface area contributed by atoms with Crippen molar-refractivity contribution in [2.75, 3.05) is 30.4 Å². The van der Waals surface area contributed by atoms with Crippen molar-refractivity contribution in [3.63, 3.8) is 0 Å². The van der Waals surface area contributed by atoms with Gasteiger partial charge in [0, 0.05) is 12.1 Å². The first-order chi connectivity index (χ1) is 15.6. The molecule has 1 amide bonds. The van der Waals surface area contributed by atoms with Crippen LogP contribution in [-0.2, 0) is 14.8 Å². The number of sulfonamides is 1. The van der Waals surface area contributed by atoms with Gasteiger partial charge >= 0.3 is 0 Å². The van der Waals surface area contributed by atoms with Crippen LogP contribution < -0.4 is 19.1 Å². The standard InChI is InChI=1S/C22H19F3N2O5S/c1-31-20-10-8-17(12-21(20)32-2)33(29,30)27(16-6-3-14(23)4-7-16)13-22(28)26-19-9-5-15(24)11-18(19)25/h3-12H,13H2,1-2H3,(H,26,28). The van der Waals surface area contributed by atoms with Gasteiger partial charge in [-0.1, -0.05) is 0 Å². The number of rotatable bonds is 8. The van der Waals surface area contributed by atoms with Gasteiger partial charge in [0.25, 0.3) is 10.0 Å². The third kappa shape index (κ3) is 5.37. The molecule has 0 heterocycles. The summed E-state index contributed by atoms with van der Waals surface area (Å²) in [6.07, 6.45) is 0. The first-order valence-electron chi connectivity index (χ1n) is 9.41. The summed E-state index contributed by atoms with van der Waals surface area (Å²) in [6.45, 7) is -0.779. The number of carbonyl (C=O) groups excluding carboxylic acids is 1. The molecule has 0 aliphatic rings. The Morgan fingerprint density at radius 1 is 0.879 bits per heavy atom. The molecule has 0 saturated carbocycles. The van der Waals surface area contributed by atoms with Gasteiger partial charge in [0.1, 0.15) is 24.0 Å². The highest BCUT2D eigenvalue weighted by molar-refractivity contribution is 7.92. The lowest BCUT2D eigenvalue weighted by Crippen LogP contribution is -2.38. The number of carbonyl (C=O) groups is 1. The highest BCUT2D eigenvalue weighted by Gasteiger charge is 2.28. The molecule has 0 aromatic heterocycles. The van der Waals surface area contributed by atoms with E-state index in [2.05, 4.69) is 5.32 Å².